The van der Waals surface area contributed by atoms with E-state index in [9.17, 15) is 12.8 Å². The van der Waals surface area contributed by atoms with E-state index in [-0.39, 0.29) is 11.9 Å². The minimum absolute atomic E-state index is 0.0236. The first-order valence-corrected chi connectivity index (χ1v) is 12.8. The van der Waals surface area contributed by atoms with Gasteiger partial charge in [-0.25, -0.2) is 12.8 Å². The lowest BCUT2D eigenvalue weighted by molar-refractivity contribution is 0.0569. The molecule has 4 rings (SSSR count). The molecule has 0 aliphatic carbocycles. The van der Waals surface area contributed by atoms with Gasteiger partial charge in [0.15, 0.2) is 11.6 Å². The zero-order chi connectivity index (χ0) is 22.6. The molecular weight excluding hydrogens is 427 g/mol. The molecule has 172 valence electrons. The van der Waals surface area contributed by atoms with E-state index in [1.165, 1.54) is 11.5 Å². The highest BCUT2D eigenvalue weighted by Crippen LogP contribution is 2.26. The fourth-order valence-corrected chi connectivity index (χ4v) is 5.69. The van der Waals surface area contributed by atoms with E-state index in [0.717, 1.165) is 49.9 Å². The van der Waals surface area contributed by atoms with Gasteiger partial charge in [-0.3, -0.25) is 0 Å². The molecule has 0 saturated carbocycles. The number of para-hydroxylation sites is 1. The van der Waals surface area contributed by atoms with Crippen LogP contribution >= 0.6 is 0 Å². The van der Waals surface area contributed by atoms with Crippen LogP contribution in [0.25, 0.3) is 6.08 Å². The molecule has 2 saturated heterocycles. The minimum atomic E-state index is -3.41. The summed E-state index contributed by atoms with van der Waals surface area (Å²) in [5, 5.41) is 1.32. The molecule has 0 amide bonds. The molecule has 0 aromatic heterocycles. The van der Waals surface area contributed by atoms with Crippen molar-refractivity contribution in [3.8, 4) is 5.75 Å². The van der Waals surface area contributed by atoms with E-state index in [1.54, 1.807) is 28.6 Å². The van der Waals surface area contributed by atoms with Crippen LogP contribution in [0.15, 0.2) is 53.9 Å². The third kappa shape index (κ3) is 5.77. The van der Waals surface area contributed by atoms with Gasteiger partial charge in [-0.1, -0.05) is 42.0 Å². The number of hydrogen-bond acceptors (Lipinski definition) is 4. The van der Waals surface area contributed by atoms with E-state index < -0.39 is 10.0 Å². The summed E-state index contributed by atoms with van der Waals surface area (Å²) in [4.78, 5) is 2.44. The third-order valence-electron chi connectivity index (χ3n) is 6.42. The number of sulfonamides is 1. The molecule has 2 fully saturated rings. The van der Waals surface area contributed by atoms with Gasteiger partial charge in [0, 0.05) is 37.6 Å². The Hall–Kier alpha value is -2.22. The fraction of sp³-hybridized carbons (Fsp3) is 0.440. The molecule has 0 radical (unpaired) electrons. The second-order valence-corrected chi connectivity index (χ2v) is 10.5. The highest BCUT2D eigenvalue weighted by Gasteiger charge is 2.32. The molecule has 0 bridgehead atoms. The number of halogens is 1. The Kier molecular flexibility index (Phi) is 7.28. The maximum atomic E-state index is 13.8. The standard InChI is InChI=1S/C25H31FN2O3S/c1-20-6-8-21(9-7-20)14-19-32(29,30)28-17-10-22(11-18-28)27-15-12-23(13-16-27)31-25-5-3-2-4-24(25)26/h2-9,14,19,22-23H,10-13,15-18H2,1H3. The van der Waals surface area contributed by atoms with Crippen LogP contribution in [0.4, 0.5) is 4.39 Å². The first-order valence-electron chi connectivity index (χ1n) is 11.3. The minimum Gasteiger partial charge on any atom is -0.487 e. The maximum absolute atomic E-state index is 13.8. The largest absolute Gasteiger partial charge is 0.487 e. The second kappa shape index (κ2) is 10.1. The van der Waals surface area contributed by atoms with Crippen molar-refractivity contribution in [2.24, 2.45) is 0 Å². The van der Waals surface area contributed by atoms with Crippen molar-refractivity contribution in [3.05, 3.63) is 70.9 Å². The summed E-state index contributed by atoms with van der Waals surface area (Å²) in [5.74, 6) is 0.00287. The highest BCUT2D eigenvalue weighted by atomic mass is 32.2. The average Bonchev–Trinajstić information content (AvgIpc) is 2.81. The lowest BCUT2D eigenvalue weighted by atomic mass is 10.00. The van der Waals surface area contributed by atoms with E-state index in [2.05, 4.69) is 4.90 Å². The number of likely N-dealkylation sites (tertiary alicyclic amines) is 1. The third-order valence-corrected chi connectivity index (χ3v) is 7.98. The van der Waals surface area contributed by atoms with Crippen LogP contribution < -0.4 is 4.74 Å². The van der Waals surface area contributed by atoms with Crippen molar-refractivity contribution >= 4 is 16.1 Å². The van der Waals surface area contributed by atoms with Crippen LogP contribution in [0, 0.1) is 12.7 Å². The summed E-state index contributed by atoms with van der Waals surface area (Å²) < 4.78 is 46.7. The smallest absolute Gasteiger partial charge is 0.236 e. The Morgan fingerprint density at radius 3 is 2.25 bits per heavy atom. The number of hydrogen-bond donors (Lipinski definition) is 0. The van der Waals surface area contributed by atoms with Gasteiger partial charge in [-0.2, -0.15) is 4.31 Å². The van der Waals surface area contributed by atoms with Crippen LogP contribution in [0.3, 0.4) is 0 Å². The molecule has 0 atom stereocenters. The molecule has 5 nitrogen and oxygen atoms in total. The summed E-state index contributed by atoms with van der Waals surface area (Å²) >= 11 is 0. The number of aryl methyl sites for hydroxylation is 1. The van der Waals surface area contributed by atoms with Crippen molar-refractivity contribution in [1.82, 2.24) is 9.21 Å². The molecule has 2 aromatic carbocycles. The average molecular weight is 459 g/mol. The quantitative estimate of drug-likeness (QED) is 0.642. The predicted octanol–water partition coefficient (Wildman–Crippen LogP) is 4.44. The Morgan fingerprint density at radius 2 is 1.59 bits per heavy atom. The van der Waals surface area contributed by atoms with Gasteiger partial charge in [0.1, 0.15) is 6.10 Å². The zero-order valence-corrected chi connectivity index (χ0v) is 19.3. The highest BCUT2D eigenvalue weighted by molar-refractivity contribution is 7.92. The van der Waals surface area contributed by atoms with Crippen LogP contribution in [0.5, 0.6) is 5.75 Å². The Labute approximate surface area is 190 Å². The molecule has 2 aliphatic heterocycles. The lowest BCUT2D eigenvalue weighted by Crippen LogP contribution is -2.49. The van der Waals surface area contributed by atoms with Gasteiger partial charge in [0.25, 0.3) is 0 Å². The van der Waals surface area contributed by atoms with Crippen molar-refractivity contribution in [2.45, 2.75) is 44.8 Å². The first-order chi connectivity index (χ1) is 15.4. The lowest BCUT2D eigenvalue weighted by Gasteiger charge is -2.41. The number of piperidine rings is 2. The monoisotopic (exact) mass is 458 g/mol. The van der Waals surface area contributed by atoms with E-state index >= 15 is 0 Å². The molecule has 32 heavy (non-hydrogen) atoms. The molecule has 0 unspecified atom stereocenters. The van der Waals surface area contributed by atoms with Crippen LogP contribution in [0.1, 0.15) is 36.8 Å². The molecule has 0 spiro atoms. The summed E-state index contributed by atoms with van der Waals surface area (Å²) in [6, 6.07) is 14.7. The maximum Gasteiger partial charge on any atom is 0.236 e. The van der Waals surface area contributed by atoms with Crippen LogP contribution in [-0.2, 0) is 10.0 Å². The number of ether oxygens (including phenoxy) is 1. The van der Waals surface area contributed by atoms with Crippen LogP contribution in [0.2, 0.25) is 0 Å². The second-order valence-electron chi connectivity index (χ2n) is 8.67. The zero-order valence-electron chi connectivity index (χ0n) is 18.5. The first kappa shape index (κ1) is 23.0. The van der Waals surface area contributed by atoms with E-state index in [4.69, 9.17) is 4.74 Å². The summed E-state index contributed by atoms with van der Waals surface area (Å²) in [5.41, 5.74) is 2.03. The Bertz CT molecular complexity index is 1020. The molecular formula is C25H31FN2O3S. The van der Waals surface area contributed by atoms with Crippen molar-refractivity contribution in [1.29, 1.82) is 0 Å². The molecule has 2 heterocycles. The van der Waals surface area contributed by atoms with Gasteiger partial charge in [0.05, 0.1) is 0 Å². The van der Waals surface area contributed by atoms with Gasteiger partial charge in [0.2, 0.25) is 10.0 Å². The SMILES string of the molecule is Cc1ccc(C=CS(=O)(=O)N2CCC(N3CCC(Oc4ccccc4F)CC3)CC2)cc1. The van der Waals surface area contributed by atoms with Gasteiger partial charge >= 0.3 is 0 Å². The fourth-order valence-electron chi connectivity index (χ4n) is 4.47. The normalized spacial score (nSPS) is 20.1. The number of nitrogens with zero attached hydrogens (tertiary/aromatic N) is 2. The van der Waals surface area contributed by atoms with E-state index in [0.29, 0.717) is 24.9 Å². The summed E-state index contributed by atoms with van der Waals surface area (Å²) in [7, 11) is -3.41. The number of rotatable bonds is 6. The van der Waals surface area contributed by atoms with Crippen molar-refractivity contribution < 1.29 is 17.5 Å². The summed E-state index contributed by atoms with van der Waals surface area (Å²) in [6.07, 6.45) is 5.06. The summed E-state index contributed by atoms with van der Waals surface area (Å²) in [6.45, 7) is 4.87. The van der Waals surface area contributed by atoms with Gasteiger partial charge < -0.3 is 9.64 Å². The Balaban J connectivity index is 1.25. The molecule has 2 aromatic rings. The van der Waals surface area contributed by atoms with Crippen molar-refractivity contribution in [3.63, 3.8) is 0 Å². The van der Waals surface area contributed by atoms with Crippen LogP contribution in [-0.4, -0.2) is 55.9 Å². The molecule has 2 aliphatic rings. The molecule has 0 N–H and O–H groups in total. The van der Waals surface area contributed by atoms with E-state index in [1.807, 2.05) is 31.2 Å². The van der Waals surface area contributed by atoms with Crippen molar-refractivity contribution in [2.75, 3.05) is 26.2 Å². The number of benzene rings is 2. The van der Waals surface area contributed by atoms with Gasteiger partial charge in [-0.15, -0.1) is 0 Å². The molecule has 7 heteroatoms. The predicted molar refractivity (Wildman–Crippen MR) is 125 cm³/mol. The van der Waals surface area contributed by atoms with Gasteiger partial charge in [-0.05, 0) is 56.4 Å². The Morgan fingerprint density at radius 1 is 0.938 bits per heavy atom. The topological polar surface area (TPSA) is 49.9 Å².